The van der Waals surface area contributed by atoms with Gasteiger partial charge in [-0.15, -0.1) is 0 Å². The maximum atomic E-state index is 11.0. The zero-order chi connectivity index (χ0) is 13.8. The highest BCUT2D eigenvalue weighted by Gasteiger charge is 2.19. The minimum absolute atomic E-state index is 0.152. The molecule has 0 aliphatic carbocycles. The lowest BCUT2D eigenvalue weighted by atomic mass is 10.2. The Morgan fingerprint density at radius 3 is 2.84 bits per heavy atom. The lowest BCUT2D eigenvalue weighted by Gasteiger charge is -1.99. The molecule has 0 amide bonds. The molecule has 0 radical (unpaired) electrons. The van der Waals surface area contributed by atoms with E-state index in [4.69, 9.17) is 11.6 Å². The van der Waals surface area contributed by atoms with E-state index in [1.54, 1.807) is 31.5 Å². The predicted molar refractivity (Wildman–Crippen MR) is 70.9 cm³/mol. The number of nitro groups is 1. The van der Waals surface area contributed by atoms with Gasteiger partial charge in [-0.25, -0.2) is 4.98 Å². The molecule has 0 aliphatic rings. The van der Waals surface area contributed by atoms with Gasteiger partial charge in [0, 0.05) is 23.7 Å². The van der Waals surface area contributed by atoms with Crippen molar-refractivity contribution < 1.29 is 4.92 Å². The van der Waals surface area contributed by atoms with Crippen LogP contribution in [0.2, 0.25) is 5.15 Å². The molecule has 0 aromatic carbocycles. The Balaban J connectivity index is 2.52. The average Bonchev–Trinajstić information content (AvgIpc) is 2.36. The van der Waals surface area contributed by atoms with Crippen LogP contribution in [0, 0.1) is 28.9 Å². The van der Waals surface area contributed by atoms with Gasteiger partial charge >= 0.3 is 5.69 Å². The van der Waals surface area contributed by atoms with Crippen molar-refractivity contribution in [3.63, 3.8) is 0 Å². The van der Waals surface area contributed by atoms with E-state index in [1.807, 2.05) is 0 Å². The van der Waals surface area contributed by atoms with Crippen LogP contribution < -0.4 is 0 Å². The van der Waals surface area contributed by atoms with E-state index in [9.17, 15) is 10.1 Å². The smallest absolute Gasteiger partial charge is 0.263 e. The second-order valence-corrected chi connectivity index (χ2v) is 4.06. The number of hydrogen-bond donors (Lipinski definition) is 0. The Hall–Kier alpha value is -2.45. The number of halogens is 1. The largest absolute Gasteiger partial charge is 0.321 e. The van der Waals surface area contributed by atoms with Gasteiger partial charge in [-0.2, -0.15) is 0 Å². The van der Waals surface area contributed by atoms with Gasteiger partial charge in [-0.05, 0) is 25.1 Å². The Kier molecular flexibility index (Phi) is 3.74. The third kappa shape index (κ3) is 3.06. The van der Waals surface area contributed by atoms with Crippen molar-refractivity contribution in [2.45, 2.75) is 6.92 Å². The van der Waals surface area contributed by atoms with E-state index in [0.29, 0.717) is 11.3 Å². The van der Waals surface area contributed by atoms with E-state index in [1.165, 1.54) is 6.07 Å². The van der Waals surface area contributed by atoms with Crippen LogP contribution in [0.25, 0.3) is 0 Å². The molecule has 2 aromatic heterocycles. The summed E-state index contributed by atoms with van der Waals surface area (Å²) in [5.41, 5.74) is 1.21. The zero-order valence-corrected chi connectivity index (χ0v) is 10.7. The number of aryl methyl sites for hydroxylation is 1. The summed E-state index contributed by atoms with van der Waals surface area (Å²) < 4.78 is 0. The van der Waals surface area contributed by atoms with Gasteiger partial charge in [0.05, 0.1) is 4.92 Å². The Morgan fingerprint density at radius 1 is 1.42 bits per heavy atom. The summed E-state index contributed by atoms with van der Waals surface area (Å²) in [6.45, 7) is 1.70. The van der Waals surface area contributed by atoms with Gasteiger partial charge in [-0.1, -0.05) is 23.4 Å². The molecule has 94 valence electrons. The van der Waals surface area contributed by atoms with Gasteiger partial charge in [0.2, 0.25) is 5.15 Å². The fraction of sp³-hybridized carbons (Fsp3) is 0.0769. The first-order valence-corrected chi connectivity index (χ1v) is 5.69. The molecule has 0 unspecified atom stereocenters. The minimum atomic E-state index is -0.581. The maximum absolute atomic E-state index is 11.0. The SMILES string of the molecule is Cc1cc(C#Cc2cccnc2)c([N+](=O)[O-])c(Cl)n1. The minimum Gasteiger partial charge on any atom is -0.263 e. The second-order valence-electron chi connectivity index (χ2n) is 3.70. The van der Waals surface area contributed by atoms with Crippen LogP contribution in [-0.2, 0) is 0 Å². The lowest BCUT2D eigenvalue weighted by molar-refractivity contribution is -0.385. The quantitative estimate of drug-likeness (QED) is 0.347. The van der Waals surface area contributed by atoms with E-state index >= 15 is 0 Å². The molecule has 2 rings (SSSR count). The summed E-state index contributed by atoms with van der Waals surface area (Å²) >= 11 is 5.78. The summed E-state index contributed by atoms with van der Waals surface area (Å²) in [6, 6.07) is 5.04. The van der Waals surface area contributed by atoms with Crippen molar-refractivity contribution >= 4 is 17.3 Å². The Morgan fingerprint density at radius 2 is 2.21 bits per heavy atom. The second kappa shape index (κ2) is 5.46. The summed E-state index contributed by atoms with van der Waals surface area (Å²) in [5, 5.41) is 10.8. The third-order valence-electron chi connectivity index (χ3n) is 2.26. The standard InChI is InChI=1S/C13H8ClN3O2/c1-9-7-11(12(17(18)19)13(14)16-9)5-4-10-3-2-6-15-8-10/h2-3,6-8H,1H3. The van der Waals surface area contributed by atoms with Gasteiger partial charge in [0.25, 0.3) is 0 Å². The molecule has 2 heterocycles. The molecule has 2 aromatic rings. The molecule has 19 heavy (non-hydrogen) atoms. The lowest BCUT2D eigenvalue weighted by Crippen LogP contribution is -1.97. The van der Waals surface area contributed by atoms with Crippen molar-refractivity contribution in [1.29, 1.82) is 0 Å². The molecular weight excluding hydrogens is 266 g/mol. The molecule has 0 N–H and O–H groups in total. The van der Waals surface area contributed by atoms with E-state index in [-0.39, 0.29) is 16.4 Å². The number of aromatic nitrogens is 2. The van der Waals surface area contributed by atoms with Crippen molar-refractivity contribution in [2.24, 2.45) is 0 Å². The maximum Gasteiger partial charge on any atom is 0.321 e. The predicted octanol–water partition coefficient (Wildman–Crippen LogP) is 2.75. The van der Waals surface area contributed by atoms with Crippen molar-refractivity contribution in [2.75, 3.05) is 0 Å². The van der Waals surface area contributed by atoms with E-state index in [2.05, 4.69) is 21.8 Å². The first kappa shape index (κ1) is 13.0. The monoisotopic (exact) mass is 273 g/mol. The van der Waals surface area contributed by atoms with Gasteiger partial charge in [0.1, 0.15) is 5.56 Å². The van der Waals surface area contributed by atoms with Crippen LogP contribution in [0.5, 0.6) is 0 Å². The van der Waals surface area contributed by atoms with E-state index < -0.39 is 4.92 Å². The van der Waals surface area contributed by atoms with Crippen LogP contribution in [-0.4, -0.2) is 14.9 Å². The van der Waals surface area contributed by atoms with Gasteiger partial charge in [-0.3, -0.25) is 15.1 Å². The molecule has 0 spiro atoms. The first-order valence-electron chi connectivity index (χ1n) is 5.31. The van der Waals surface area contributed by atoms with Gasteiger partial charge in [0.15, 0.2) is 0 Å². The zero-order valence-electron chi connectivity index (χ0n) is 9.92. The van der Waals surface area contributed by atoms with Crippen molar-refractivity contribution in [1.82, 2.24) is 9.97 Å². The summed E-state index contributed by atoms with van der Waals surface area (Å²) in [6.07, 6.45) is 3.20. The molecule has 5 nitrogen and oxygen atoms in total. The molecule has 0 saturated carbocycles. The molecule has 0 bridgehead atoms. The Labute approximate surface area is 114 Å². The third-order valence-corrected chi connectivity index (χ3v) is 2.53. The fourth-order valence-electron chi connectivity index (χ4n) is 1.47. The van der Waals surface area contributed by atoms with Crippen LogP contribution >= 0.6 is 11.6 Å². The van der Waals surface area contributed by atoms with Crippen LogP contribution in [0.3, 0.4) is 0 Å². The summed E-state index contributed by atoms with van der Waals surface area (Å²) in [5.74, 6) is 5.54. The van der Waals surface area contributed by atoms with E-state index in [0.717, 1.165) is 0 Å². The summed E-state index contributed by atoms with van der Waals surface area (Å²) in [4.78, 5) is 18.2. The highest BCUT2D eigenvalue weighted by molar-refractivity contribution is 6.31. The highest BCUT2D eigenvalue weighted by Crippen LogP contribution is 2.26. The number of nitrogens with zero attached hydrogens (tertiary/aromatic N) is 3. The van der Waals surface area contributed by atoms with Crippen LogP contribution in [0.4, 0.5) is 5.69 Å². The fourth-order valence-corrected chi connectivity index (χ4v) is 1.78. The normalized spacial score (nSPS) is 9.58. The van der Waals surface area contributed by atoms with Crippen LogP contribution in [0.15, 0.2) is 30.6 Å². The van der Waals surface area contributed by atoms with Crippen LogP contribution in [0.1, 0.15) is 16.8 Å². The van der Waals surface area contributed by atoms with Crippen molar-refractivity contribution in [3.05, 3.63) is 62.7 Å². The molecule has 0 saturated heterocycles. The topological polar surface area (TPSA) is 68.9 Å². The Bertz CT molecular complexity index is 690. The molecule has 0 atom stereocenters. The molecule has 0 aliphatic heterocycles. The highest BCUT2D eigenvalue weighted by atomic mass is 35.5. The average molecular weight is 274 g/mol. The molecule has 6 heteroatoms. The number of rotatable bonds is 1. The van der Waals surface area contributed by atoms with Crippen molar-refractivity contribution in [3.8, 4) is 11.8 Å². The first-order chi connectivity index (χ1) is 9.08. The van der Waals surface area contributed by atoms with Gasteiger partial charge < -0.3 is 0 Å². The number of pyridine rings is 2. The molecular formula is C13H8ClN3O2. The summed E-state index contributed by atoms with van der Waals surface area (Å²) in [7, 11) is 0. The number of hydrogen-bond acceptors (Lipinski definition) is 4. The molecule has 0 fully saturated rings.